The van der Waals surface area contributed by atoms with Gasteiger partial charge < -0.3 is 9.47 Å². The third-order valence-corrected chi connectivity index (χ3v) is 9.28. The van der Waals surface area contributed by atoms with Crippen LogP contribution in [0.3, 0.4) is 0 Å². The van der Waals surface area contributed by atoms with Crippen LogP contribution in [-0.2, 0) is 24.3 Å². The van der Waals surface area contributed by atoms with Gasteiger partial charge in [0.25, 0.3) is 10.1 Å². The Bertz CT molecular complexity index is 1470. The molecule has 37 heavy (non-hydrogen) atoms. The van der Waals surface area contributed by atoms with Crippen LogP contribution in [0.15, 0.2) is 30.6 Å². The Morgan fingerprint density at radius 3 is 2.30 bits per heavy atom. The minimum absolute atomic E-state index is 0.0586. The highest BCUT2D eigenvalue weighted by Gasteiger charge is 2.37. The monoisotopic (exact) mass is 572 g/mol. The fraction of sp³-hybridized carbons (Fsp3) is 0.429. The molecule has 0 amide bonds. The highest BCUT2D eigenvalue weighted by Crippen LogP contribution is 2.39. The number of hydrogen-bond donors (Lipinski definition) is 1. The molecule has 0 radical (unpaired) electrons. The van der Waals surface area contributed by atoms with Crippen molar-refractivity contribution < 1.29 is 30.5 Å². The smallest absolute Gasteiger partial charge is 0.268 e. The first-order chi connectivity index (χ1) is 17.5. The third-order valence-electron chi connectivity index (χ3n) is 5.97. The van der Waals surface area contributed by atoms with Crippen molar-refractivity contribution in [3.63, 3.8) is 0 Å². The van der Waals surface area contributed by atoms with E-state index >= 15 is 0 Å². The summed E-state index contributed by atoms with van der Waals surface area (Å²) in [5.41, 5.74) is 0.264. The lowest BCUT2D eigenvalue weighted by molar-refractivity contribution is 0.228. The maximum absolute atomic E-state index is 13.4. The van der Waals surface area contributed by atoms with E-state index in [-0.39, 0.29) is 29.6 Å². The summed E-state index contributed by atoms with van der Waals surface area (Å²) in [4.78, 5) is 8.25. The van der Waals surface area contributed by atoms with E-state index in [2.05, 4.69) is 24.9 Å². The number of methoxy groups -OCH3 is 2. The number of halogens is 1. The fourth-order valence-electron chi connectivity index (χ4n) is 3.80. The second-order valence-electron chi connectivity index (χ2n) is 8.26. The molecule has 0 unspecified atom stereocenters. The van der Waals surface area contributed by atoms with Crippen molar-refractivity contribution in [3.05, 3.63) is 47.3 Å². The average molecular weight is 573 g/mol. The molecule has 3 heterocycles. The van der Waals surface area contributed by atoms with Gasteiger partial charge in [-0.05, 0) is 25.5 Å². The van der Waals surface area contributed by atoms with Crippen LogP contribution >= 0.6 is 11.6 Å². The number of para-hydroxylation sites is 1. The zero-order chi connectivity index (χ0) is 27.0. The van der Waals surface area contributed by atoms with E-state index in [1.807, 2.05) is 0 Å². The van der Waals surface area contributed by atoms with Crippen molar-refractivity contribution in [3.8, 4) is 17.2 Å². The van der Waals surface area contributed by atoms with Gasteiger partial charge in [0.1, 0.15) is 29.1 Å². The molecule has 1 aromatic carbocycles. The molecule has 2 aromatic heterocycles. The predicted molar refractivity (Wildman–Crippen MR) is 134 cm³/mol. The molecule has 0 bridgehead atoms. The van der Waals surface area contributed by atoms with Gasteiger partial charge in [-0.1, -0.05) is 24.6 Å². The van der Waals surface area contributed by atoms with E-state index in [0.29, 0.717) is 22.3 Å². The second kappa shape index (κ2) is 10.4. The van der Waals surface area contributed by atoms with Gasteiger partial charge in [0.2, 0.25) is 16.0 Å². The molecule has 1 saturated heterocycles. The molecule has 1 N–H and O–H groups in total. The first kappa shape index (κ1) is 27.0. The van der Waals surface area contributed by atoms with Crippen LogP contribution in [0.4, 0.5) is 5.95 Å². The lowest BCUT2D eigenvalue weighted by atomic mass is 10.1. The van der Waals surface area contributed by atoms with E-state index in [0.717, 1.165) is 0 Å². The van der Waals surface area contributed by atoms with Crippen LogP contribution < -0.4 is 14.2 Å². The van der Waals surface area contributed by atoms with Gasteiger partial charge in [0.15, 0.2) is 5.82 Å². The predicted octanol–water partition coefficient (Wildman–Crippen LogP) is 2.45. The summed E-state index contributed by atoms with van der Waals surface area (Å²) in [5, 5.41) is 7.44. The van der Waals surface area contributed by atoms with Gasteiger partial charge in [-0.15, -0.1) is 10.2 Å². The molecule has 200 valence electrons. The number of anilines is 1. The van der Waals surface area contributed by atoms with Crippen molar-refractivity contribution in [2.45, 2.75) is 37.5 Å². The molecular formula is C21H25ClN6O7S2. The first-order valence-corrected chi connectivity index (χ1v) is 14.5. The zero-order valence-corrected chi connectivity index (χ0v) is 22.7. The summed E-state index contributed by atoms with van der Waals surface area (Å²) in [5.74, 6) is -0.0832. The second-order valence-corrected chi connectivity index (χ2v) is 12.5. The van der Waals surface area contributed by atoms with Gasteiger partial charge in [0.05, 0.1) is 30.2 Å². The Morgan fingerprint density at radius 2 is 1.76 bits per heavy atom. The average Bonchev–Trinajstić information content (AvgIpc) is 3.44. The normalized spacial score (nSPS) is 18.8. The van der Waals surface area contributed by atoms with Gasteiger partial charge >= 0.3 is 0 Å². The van der Waals surface area contributed by atoms with Crippen LogP contribution in [0, 0.1) is 0 Å². The number of hydrogen-bond acceptors (Lipinski definition) is 11. The van der Waals surface area contributed by atoms with Crippen LogP contribution in [0.1, 0.15) is 43.9 Å². The SMILES string of the molecule is COc1cccc(OC)c1-n1c(NS(=O)(=O)[C@@H](C)[C@H](C)c2ncc(Cl)cn2)nnc1[C@@H]1CCS(=O)(=O)O1. The molecule has 4 rings (SSSR count). The fourth-order valence-corrected chi connectivity index (χ4v) is 6.26. The van der Waals surface area contributed by atoms with Crippen molar-refractivity contribution in [2.24, 2.45) is 0 Å². The van der Waals surface area contributed by atoms with Gasteiger partial charge in [0, 0.05) is 18.3 Å². The van der Waals surface area contributed by atoms with Crippen molar-refractivity contribution in [1.82, 2.24) is 24.7 Å². The lowest BCUT2D eigenvalue weighted by Gasteiger charge is -2.22. The topological polar surface area (TPSA) is 164 Å². The number of benzene rings is 1. The Hall–Kier alpha value is -3.01. The van der Waals surface area contributed by atoms with E-state index in [4.69, 9.17) is 25.3 Å². The Morgan fingerprint density at radius 1 is 1.14 bits per heavy atom. The lowest BCUT2D eigenvalue weighted by Crippen LogP contribution is -2.31. The Kier molecular flexibility index (Phi) is 7.60. The molecule has 1 aliphatic heterocycles. The summed E-state index contributed by atoms with van der Waals surface area (Å²) in [6.45, 7) is 3.17. The largest absolute Gasteiger partial charge is 0.494 e. The van der Waals surface area contributed by atoms with Gasteiger partial charge in [-0.25, -0.2) is 18.4 Å². The molecule has 0 spiro atoms. The summed E-state index contributed by atoms with van der Waals surface area (Å²) in [6, 6.07) is 4.95. The molecule has 16 heteroatoms. The summed E-state index contributed by atoms with van der Waals surface area (Å²) < 4.78 is 70.9. The molecule has 13 nitrogen and oxygen atoms in total. The number of rotatable bonds is 9. The Balaban J connectivity index is 1.79. The van der Waals surface area contributed by atoms with E-state index in [1.54, 1.807) is 25.1 Å². The number of nitrogens with zero attached hydrogens (tertiary/aromatic N) is 5. The quantitative estimate of drug-likeness (QED) is 0.374. The van der Waals surface area contributed by atoms with Crippen LogP contribution in [0.25, 0.3) is 5.69 Å². The molecule has 3 aromatic rings. The van der Waals surface area contributed by atoms with E-state index < -0.39 is 37.4 Å². The van der Waals surface area contributed by atoms with Crippen molar-refractivity contribution >= 4 is 37.7 Å². The third kappa shape index (κ3) is 5.49. The van der Waals surface area contributed by atoms with Gasteiger partial charge in [-0.3, -0.25) is 13.5 Å². The minimum Gasteiger partial charge on any atom is -0.494 e. The molecule has 0 saturated carbocycles. The maximum atomic E-state index is 13.4. The molecule has 1 aliphatic rings. The first-order valence-electron chi connectivity index (χ1n) is 11.0. The highest BCUT2D eigenvalue weighted by atomic mass is 35.5. The molecule has 0 aliphatic carbocycles. The van der Waals surface area contributed by atoms with Crippen LogP contribution in [0.2, 0.25) is 5.02 Å². The molecular weight excluding hydrogens is 548 g/mol. The number of nitrogens with one attached hydrogen (secondary N) is 1. The van der Waals surface area contributed by atoms with Crippen LogP contribution in [-0.4, -0.2) is 66.8 Å². The number of aromatic nitrogens is 5. The van der Waals surface area contributed by atoms with Crippen molar-refractivity contribution in [2.75, 3.05) is 24.7 Å². The minimum atomic E-state index is -4.10. The van der Waals surface area contributed by atoms with Crippen molar-refractivity contribution in [1.29, 1.82) is 0 Å². The van der Waals surface area contributed by atoms with E-state index in [9.17, 15) is 16.8 Å². The highest BCUT2D eigenvalue weighted by molar-refractivity contribution is 7.93. The molecule has 1 fully saturated rings. The maximum Gasteiger partial charge on any atom is 0.268 e. The summed E-state index contributed by atoms with van der Waals surface area (Å²) in [7, 11) is -5.01. The Labute approximate surface area is 219 Å². The standard InChI is InChI=1S/C21H25ClN6O7S2/c1-12(19-23-10-14(22)11-24-19)13(2)37(31,32)27-21-26-25-20(17-8-9-36(29,30)35-17)28(21)18-15(33-3)6-5-7-16(18)34-4/h5-7,10-13,17H,8-9H2,1-4H3,(H,26,27)/t12-,13-,17-/m0/s1. The van der Waals surface area contributed by atoms with E-state index in [1.165, 1.54) is 38.1 Å². The zero-order valence-electron chi connectivity index (χ0n) is 20.3. The van der Waals surface area contributed by atoms with Crippen LogP contribution in [0.5, 0.6) is 11.5 Å². The number of ether oxygens (including phenoxy) is 2. The van der Waals surface area contributed by atoms with Gasteiger partial charge in [-0.2, -0.15) is 8.42 Å². The summed E-state index contributed by atoms with van der Waals surface area (Å²) >= 11 is 5.85. The molecule has 3 atom stereocenters. The number of sulfonamides is 1. The summed E-state index contributed by atoms with van der Waals surface area (Å²) in [6.07, 6.45) is 1.88.